The molecule has 0 aromatic heterocycles. The van der Waals surface area contributed by atoms with Crippen LogP contribution in [-0.2, 0) is 10.1 Å². The summed E-state index contributed by atoms with van der Waals surface area (Å²) in [6.45, 7) is 0. The van der Waals surface area contributed by atoms with Gasteiger partial charge in [-0.1, -0.05) is 30.0 Å². The van der Waals surface area contributed by atoms with Crippen molar-refractivity contribution in [2.24, 2.45) is 10.2 Å². The Hall–Kier alpha value is -1.25. The Labute approximate surface area is 144 Å². The van der Waals surface area contributed by atoms with Crippen molar-refractivity contribution in [3.8, 4) is 5.75 Å². The van der Waals surface area contributed by atoms with Crippen LogP contribution in [0.3, 0.4) is 0 Å². The summed E-state index contributed by atoms with van der Waals surface area (Å²) in [4.78, 5) is -0.356. The van der Waals surface area contributed by atoms with E-state index < -0.39 is 15.9 Å². The van der Waals surface area contributed by atoms with Gasteiger partial charge in [-0.05, 0) is 29.7 Å². The van der Waals surface area contributed by atoms with E-state index >= 15 is 0 Å². The largest absolute Gasteiger partial charge is 1.00 e. The molecule has 0 heterocycles. The second-order valence-electron chi connectivity index (χ2n) is 4.04. The predicted molar refractivity (Wildman–Crippen MR) is 73.6 cm³/mol. The van der Waals surface area contributed by atoms with E-state index in [1.54, 1.807) is 6.21 Å². The number of hydrogen-bond donors (Lipinski definition) is 1. The number of rotatable bonds is 4. The Bertz CT molecular complexity index is 737. The summed E-state index contributed by atoms with van der Waals surface area (Å²) in [6, 6.07) is 3.14. The zero-order valence-corrected chi connectivity index (χ0v) is 14.1. The topological polar surface area (TPSA) is 102 Å². The molecule has 0 radical (unpaired) electrons. The Balaban J connectivity index is 0.00000220. The van der Waals surface area contributed by atoms with Crippen LogP contribution in [0.4, 0.5) is 0 Å². The smallest absolute Gasteiger partial charge is 0.872 e. The molecule has 0 saturated heterocycles. The normalized spacial score (nSPS) is 14.6. The molecule has 6 nitrogen and oxygen atoms in total. The van der Waals surface area contributed by atoms with Crippen LogP contribution in [0.1, 0.15) is 12.0 Å². The molecule has 0 bridgehead atoms. The van der Waals surface area contributed by atoms with Crippen LogP contribution in [0.25, 0.3) is 0 Å². The van der Waals surface area contributed by atoms with Crippen molar-refractivity contribution in [2.45, 2.75) is 11.3 Å². The van der Waals surface area contributed by atoms with Crippen molar-refractivity contribution in [3.05, 3.63) is 47.6 Å². The van der Waals surface area contributed by atoms with Gasteiger partial charge in [0, 0.05) is 0 Å². The molecule has 21 heavy (non-hydrogen) atoms. The molecule has 0 aliphatic heterocycles. The Kier molecular flexibility index (Phi) is 6.50. The standard InChI is InChI=1S/C13H12N2O4S.Na/c16-13-6-5-12(20(17,18)19)7-11(13)9-15-14-8-10-3-1-2-4-10;/h1-3,5-9,16H,4H2,(H,17,18,19);/q;+1/p-1/b14-8-,15-9-;. The second kappa shape index (κ2) is 7.67. The van der Waals surface area contributed by atoms with E-state index in [9.17, 15) is 13.5 Å². The first-order valence-corrected chi connectivity index (χ1v) is 7.11. The van der Waals surface area contributed by atoms with E-state index in [0.29, 0.717) is 0 Å². The molecular weight excluding hydrogens is 303 g/mol. The summed E-state index contributed by atoms with van der Waals surface area (Å²) >= 11 is 0. The minimum Gasteiger partial charge on any atom is -0.872 e. The Morgan fingerprint density at radius 3 is 2.57 bits per heavy atom. The molecule has 0 amide bonds. The predicted octanol–water partition coefficient (Wildman–Crippen LogP) is -1.70. The van der Waals surface area contributed by atoms with Crippen LogP contribution >= 0.6 is 0 Å². The minimum absolute atomic E-state index is 0. The van der Waals surface area contributed by atoms with Crippen LogP contribution in [0.5, 0.6) is 5.75 Å². The molecule has 1 N–H and O–H groups in total. The second-order valence-corrected chi connectivity index (χ2v) is 5.46. The van der Waals surface area contributed by atoms with Crippen LogP contribution < -0.4 is 34.7 Å². The van der Waals surface area contributed by atoms with Crippen molar-refractivity contribution < 1.29 is 47.6 Å². The molecule has 8 heteroatoms. The summed E-state index contributed by atoms with van der Waals surface area (Å²) in [6.07, 6.45) is 9.23. The maximum Gasteiger partial charge on any atom is 1.00 e. The van der Waals surface area contributed by atoms with Gasteiger partial charge >= 0.3 is 29.6 Å². The van der Waals surface area contributed by atoms with Gasteiger partial charge in [0.25, 0.3) is 10.1 Å². The van der Waals surface area contributed by atoms with E-state index in [1.165, 1.54) is 0 Å². The monoisotopic (exact) mass is 314 g/mol. The summed E-state index contributed by atoms with van der Waals surface area (Å²) in [5.41, 5.74) is 1.02. The molecule has 104 valence electrons. The van der Waals surface area contributed by atoms with Crippen molar-refractivity contribution in [3.63, 3.8) is 0 Å². The van der Waals surface area contributed by atoms with E-state index in [0.717, 1.165) is 36.4 Å². The van der Waals surface area contributed by atoms with Crippen LogP contribution in [0.2, 0.25) is 0 Å². The van der Waals surface area contributed by atoms with E-state index in [2.05, 4.69) is 10.2 Å². The number of allylic oxidation sites excluding steroid dienone is 4. The van der Waals surface area contributed by atoms with Gasteiger partial charge in [-0.2, -0.15) is 18.6 Å². The molecule has 0 saturated carbocycles. The van der Waals surface area contributed by atoms with Gasteiger partial charge in [0.15, 0.2) is 0 Å². The number of nitrogens with zero attached hydrogens (tertiary/aromatic N) is 2. The molecule has 0 atom stereocenters. The zero-order valence-electron chi connectivity index (χ0n) is 11.3. The average molecular weight is 314 g/mol. The third-order valence-electron chi connectivity index (χ3n) is 2.57. The molecule has 0 spiro atoms. The average Bonchev–Trinajstić information content (AvgIpc) is 2.88. The molecule has 0 fully saturated rings. The van der Waals surface area contributed by atoms with Crippen molar-refractivity contribution in [2.75, 3.05) is 0 Å². The van der Waals surface area contributed by atoms with Crippen LogP contribution in [0, 0.1) is 0 Å². The van der Waals surface area contributed by atoms with Crippen molar-refractivity contribution >= 4 is 22.5 Å². The van der Waals surface area contributed by atoms with Crippen molar-refractivity contribution in [1.29, 1.82) is 0 Å². The number of hydrogen-bond acceptors (Lipinski definition) is 5. The molecule has 1 aliphatic carbocycles. The molecular formula is C13H11N2NaO4S. The molecule has 1 aromatic carbocycles. The van der Waals surface area contributed by atoms with Gasteiger partial charge < -0.3 is 5.11 Å². The maximum absolute atomic E-state index is 11.5. The van der Waals surface area contributed by atoms with E-state index in [-0.39, 0.29) is 40.0 Å². The fourth-order valence-corrected chi connectivity index (χ4v) is 2.07. The zero-order chi connectivity index (χ0) is 14.6. The van der Waals surface area contributed by atoms with Gasteiger partial charge in [0.1, 0.15) is 0 Å². The van der Waals surface area contributed by atoms with Crippen molar-refractivity contribution in [1.82, 2.24) is 0 Å². The van der Waals surface area contributed by atoms with Gasteiger partial charge in [-0.25, -0.2) is 0 Å². The van der Waals surface area contributed by atoms with Gasteiger partial charge in [-0.15, -0.1) is 0 Å². The number of benzene rings is 1. The fraction of sp³-hybridized carbons (Fsp3) is 0.0769. The maximum atomic E-state index is 11.5. The molecule has 1 aliphatic rings. The first-order valence-electron chi connectivity index (χ1n) is 5.67. The Morgan fingerprint density at radius 2 is 1.95 bits per heavy atom. The first-order chi connectivity index (χ1) is 9.47. The summed E-state index contributed by atoms with van der Waals surface area (Å²) in [5, 5.41) is 19.0. The third-order valence-corrected chi connectivity index (χ3v) is 3.42. The van der Waals surface area contributed by atoms with Gasteiger partial charge in [-0.3, -0.25) is 4.55 Å². The summed E-state index contributed by atoms with van der Waals surface area (Å²) in [7, 11) is -4.34. The van der Waals surface area contributed by atoms with E-state index in [1.807, 2.05) is 18.2 Å². The van der Waals surface area contributed by atoms with Gasteiger partial charge in [0.2, 0.25) is 0 Å². The van der Waals surface area contributed by atoms with Crippen LogP contribution in [-0.4, -0.2) is 25.4 Å². The molecule has 1 aromatic rings. The van der Waals surface area contributed by atoms with E-state index in [4.69, 9.17) is 4.55 Å². The summed E-state index contributed by atoms with van der Waals surface area (Å²) < 4.78 is 30.8. The Morgan fingerprint density at radius 1 is 1.24 bits per heavy atom. The third kappa shape index (κ3) is 5.22. The molecule has 0 unspecified atom stereocenters. The minimum atomic E-state index is -4.34. The molecule has 2 rings (SSSR count). The first kappa shape index (κ1) is 17.8. The fourth-order valence-electron chi connectivity index (χ4n) is 1.55. The van der Waals surface area contributed by atoms with Gasteiger partial charge in [0.05, 0.1) is 17.3 Å². The summed E-state index contributed by atoms with van der Waals surface area (Å²) in [5.74, 6) is -0.405. The quantitative estimate of drug-likeness (QED) is 0.310. The van der Waals surface area contributed by atoms with Crippen LogP contribution in [0.15, 0.2) is 57.1 Å². The SMILES string of the molecule is O=S(=O)(O)c1ccc([O-])c(/C=N\N=C/C2=CC=CC2)c1.[Na+].